The third-order valence-corrected chi connectivity index (χ3v) is 7.29. The normalized spacial score (nSPS) is 18.2. The topological polar surface area (TPSA) is 57.6 Å². The fourth-order valence-corrected chi connectivity index (χ4v) is 5.21. The first kappa shape index (κ1) is 22.8. The van der Waals surface area contributed by atoms with E-state index in [0.717, 1.165) is 52.6 Å². The molecule has 2 fully saturated rings. The maximum atomic E-state index is 13.2. The summed E-state index contributed by atoms with van der Waals surface area (Å²) in [6.45, 7) is 4.13. The number of carbonyl (C=O) groups excluding carboxylic acids is 2. The molecule has 174 valence electrons. The molecule has 2 aliphatic rings. The lowest BCUT2D eigenvalue weighted by Gasteiger charge is -2.30. The van der Waals surface area contributed by atoms with Gasteiger partial charge in [0.15, 0.2) is 5.11 Å². The smallest absolute Gasteiger partial charge is 0.281 e. The minimum Gasteiger partial charge on any atom is -0.341 e. The van der Waals surface area contributed by atoms with Crippen LogP contribution in [0.1, 0.15) is 25.3 Å². The fraction of sp³-hybridized carbons (Fsp3) is 0.269. The molecule has 0 spiro atoms. The molecule has 8 heteroatoms. The molecule has 3 aromatic rings. The second-order valence-electron chi connectivity index (χ2n) is 8.90. The number of rotatable bonds is 4. The van der Waals surface area contributed by atoms with Gasteiger partial charge in [-0.3, -0.25) is 14.5 Å². The third kappa shape index (κ3) is 4.40. The molecule has 34 heavy (non-hydrogen) atoms. The van der Waals surface area contributed by atoms with Crippen molar-refractivity contribution in [3.05, 3.63) is 70.5 Å². The molecular weight excluding hydrogens is 512 g/mol. The Morgan fingerprint density at radius 3 is 2.65 bits per heavy atom. The maximum Gasteiger partial charge on any atom is 0.281 e. The van der Waals surface area contributed by atoms with Crippen LogP contribution in [0.5, 0.6) is 0 Å². The number of likely N-dealkylation sites (tertiary alicyclic amines) is 1. The number of aromatic nitrogens is 1. The summed E-state index contributed by atoms with van der Waals surface area (Å²) in [5, 5.41) is 4.37. The molecule has 6 nitrogen and oxygen atoms in total. The number of anilines is 1. The Kier molecular flexibility index (Phi) is 6.27. The van der Waals surface area contributed by atoms with E-state index in [2.05, 4.69) is 28.2 Å². The quantitative estimate of drug-likeness (QED) is 0.379. The average Bonchev–Trinajstić information content (AvgIpc) is 3.30. The summed E-state index contributed by atoms with van der Waals surface area (Å²) in [6, 6.07) is 15.3. The third-order valence-electron chi connectivity index (χ3n) is 6.51. The first-order valence-corrected chi connectivity index (χ1v) is 12.6. The second kappa shape index (κ2) is 9.35. The van der Waals surface area contributed by atoms with Gasteiger partial charge in [-0.15, -0.1) is 0 Å². The van der Waals surface area contributed by atoms with Crippen molar-refractivity contribution < 1.29 is 9.59 Å². The van der Waals surface area contributed by atoms with Crippen LogP contribution in [0.4, 0.5) is 5.69 Å². The number of thiocarbonyl (C=S) groups is 1. The molecule has 0 bridgehead atoms. The van der Waals surface area contributed by atoms with Crippen molar-refractivity contribution in [2.75, 3.05) is 18.0 Å². The fourth-order valence-electron chi connectivity index (χ4n) is 4.55. The van der Waals surface area contributed by atoms with Gasteiger partial charge < -0.3 is 14.8 Å². The van der Waals surface area contributed by atoms with Crippen molar-refractivity contribution in [2.45, 2.75) is 26.3 Å². The van der Waals surface area contributed by atoms with Crippen LogP contribution in [0, 0.1) is 5.92 Å². The van der Waals surface area contributed by atoms with E-state index in [0.29, 0.717) is 16.7 Å². The highest BCUT2D eigenvalue weighted by Gasteiger charge is 2.32. The number of benzene rings is 2. The monoisotopic (exact) mass is 536 g/mol. The zero-order valence-corrected chi connectivity index (χ0v) is 21.2. The molecule has 0 saturated carbocycles. The number of para-hydroxylation sites is 1. The minimum atomic E-state index is -0.203. The zero-order chi connectivity index (χ0) is 23.8. The number of carbonyl (C=O) groups is 2. The summed E-state index contributed by atoms with van der Waals surface area (Å²) in [5.74, 6) is 0.591. The van der Waals surface area contributed by atoms with Crippen LogP contribution < -0.4 is 10.2 Å². The van der Waals surface area contributed by atoms with Crippen LogP contribution >= 0.6 is 28.1 Å². The molecule has 3 heterocycles. The number of nitrogens with one attached hydrogen (secondary N) is 1. The van der Waals surface area contributed by atoms with Gasteiger partial charge in [-0.2, -0.15) is 0 Å². The highest BCUT2D eigenvalue weighted by molar-refractivity contribution is 9.10. The molecule has 2 saturated heterocycles. The van der Waals surface area contributed by atoms with Gasteiger partial charge in [0.2, 0.25) is 5.91 Å². The van der Waals surface area contributed by atoms with Crippen LogP contribution in [0.25, 0.3) is 17.0 Å². The molecule has 5 rings (SSSR count). The SMILES string of the molecule is CC1CCN(C(=O)Cn2cc(/C=C3\NC(=S)N(c4ccccc4)C3=O)c3cc(Br)ccc32)CC1. The Balaban J connectivity index is 1.46. The molecule has 2 amide bonds. The van der Waals surface area contributed by atoms with E-state index in [-0.39, 0.29) is 18.4 Å². The summed E-state index contributed by atoms with van der Waals surface area (Å²) in [6.07, 6.45) is 5.86. The predicted molar refractivity (Wildman–Crippen MR) is 142 cm³/mol. The summed E-state index contributed by atoms with van der Waals surface area (Å²) in [4.78, 5) is 29.7. The van der Waals surface area contributed by atoms with E-state index in [4.69, 9.17) is 12.2 Å². The van der Waals surface area contributed by atoms with E-state index in [1.54, 1.807) is 0 Å². The second-order valence-corrected chi connectivity index (χ2v) is 10.2. The highest BCUT2D eigenvalue weighted by atomic mass is 79.9. The predicted octanol–water partition coefficient (Wildman–Crippen LogP) is 4.92. The van der Waals surface area contributed by atoms with Gasteiger partial charge in [-0.05, 0) is 67.4 Å². The number of halogens is 1. The summed E-state index contributed by atoms with van der Waals surface area (Å²) in [5.41, 5.74) is 2.93. The van der Waals surface area contributed by atoms with E-state index in [1.165, 1.54) is 4.90 Å². The lowest BCUT2D eigenvalue weighted by Crippen LogP contribution is -2.39. The highest BCUT2D eigenvalue weighted by Crippen LogP contribution is 2.29. The van der Waals surface area contributed by atoms with Crippen molar-refractivity contribution in [2.24, 2.45) is 5.92 Å². The van der Waals surface area contributed by atoms with Crippen LogP contribution in [-0.2, 0) is 16.1 Å². The zero-order valence-electron chi connectivity index (χ0n) is 18.8. The molecule has 1 aromatic heterocycles. The Hall–Kier alpha value is -2.97. The molecule has 2 aliphatic heterocycles. The minimum absolute atomic E-state index is 0.123. The molecule has 0 atom stereocenters. The number of fused-ring (bicyclic) bond motifs is 1. The summed E-state index contributed by atoms with van der Waals surface area (Å²) in [7, 11) is 0. The summed E-state index contributed by atoms with van der Waals surface area (Å²) < 4.78 is 2.90. The Morgan fingerprint density at radius 1 is 1.18 bits per heavy atom. The first-order chi connectivity index (χ1) is 16.4. The lowest BCUT2D eigenvalue weighted by molar-refractivity contribution is -0.133. The Morgan fingerprint density at radius 2 is 1.91 bits per heavy atom. The number of amides is 2. The van der Waals surface area contributed by atoms with Gasteiger partial charge in [0.1, 0.15) is 12.2 Å². The van der Waals surface area contributed by atoms with Gasteiger partial charge in [-0.1, -0.05) is 41.1 Å². The molecule has 0 unspecified atom stereocenters. The van der Waals surface area contributed by atoms with Crippen molar-refractivity contribution in [3.8, 4) is 0 Å². The Bertz CT molecular complexity index is 1310. The van der Waals surface area contributed by atoms with Crippen LogP contribution in [0.3, 0.4) is 0 Å². The van der Waals surface area contributed by atoms with Crippen molar-refractivity contribution >= 4 is 67.7 Å². The van der Waals surface area contributed by atoms with Gasteiger partial charge in [0.25, 0.3) is 5.91 Å². The van der Waals surface area contributed by atoms with Gasteiger partial charge in [0.05, 0.1) is 5.69 Å². The number of nitrogens with zero attached hydrogens (tertiary/aromatic N) is 3. The number of hydrogen-bond donors (Lipinski definition) is 1. The molecule has 0 radical (unpaired) electrons. The van der Waals surface area contributed by atoms with Gasteiger partial charge in [-0.25, -0.2) is 0 Å². The lowest BCUT2D eigenvalue weighted by atomic mass is 9.99. The number of hydrogen-bond acceptors (Lipinski definition) is 3. The van der Waals surface area contributed by atoms with Gasteiger partial charge >= 0.3 is 0 Å². The standard InChI is InChI=1S/C26H25BrN4O2S/c1-17-9-11-29(12-10-17)24(32)16-30-15-18(21-14-19(27)7-8-23(21)30)13-22-25(33)31(26(34)28-22)20-5-3-2-4-6-20/h2-8,13-15,17H,9-12,16H2,1H3,(H,28,34)/b22-13-. The van der Waals surface area contributed by atoms with E-state index in [1.807, 2.05) is 70.3 Å². The average molecular weight is 537 g/mol. The van der Waals surface area contributed by atoms with Crippen molar-refractivity contribution in [1.82, 2.24) is 14.8 Å². The van der Waals surface area contributed by atoms with Crippen LogP contribution in [0.2, 0.25) is 0 Å². The molecular formula is C26H25BrN4O2S. The summed E-state index contributed by atoms with van der Waals surface area (Å²) >= 11 is 9.00. The van der Waals surface area contributed by atoms with Crippen LogP contribution in [0.15, 0.2) is 64.9 Å². The molecule has 1 N–H and O–H groups in total. The maximum absolute atomic E-state index is 13.2. The van der Waals surface area contributed by atoms with E-state index >= 15 is 0 Å². The number of piperidine rings is 1. The molecule has 2 aromatic carbocycles. The van der Waals surface area contributed by atoms with E-state index in [9.17, 15) is 9.59 Å². The van der Waals surface area contributed by atoms with Crippen molar-refractivity contribution in [1.29, 1.82) is 0 Å². The molecule has 0 aliphatic carbocycles. The van der Waals surface area contributed by atoms with Gasteiger partial charge in [0, 0.05) is 40.2 Å². The first-order valence-electron chi connectivity index (χ1n) is 11.4. The Labute approximate surface area is 212 Å². The van der Waals surface area contributed by atoms with Crippen LogP contribution in [-0.4, -0.2) is 39.5 Å². The van der Waals surface area contributed by atoms with Crippen molar-refractivity contribution in [3.63, 3.8) is 0 Å². The largest absolute Gasteiger partial charge is 0.341 e. The van der Waals surface area contributed by atoms with E-state index < -0.39 is 0 Å².